The number of carbonyl (C=O) groups is 1. The monoisotopic (exact) mass is 199 g/mol. The molecule has 0 atom stereocenters. The third kappa shape index (κ3) is 1.97. The lowest BCUT2D eigenvalue weighted by Crippen LogP contribution is -2.49. The Kier molecular flexibility index (Phi) is 2.43. The summed E-state index contributed by atoms with van der Waals surface area (Å²) in [6.45, 7) is 5.24. The maximum Gasteiger partial charge on any atom is 0.233 e. The van der Waals surface area contributed by atoms with E-state index in [-0.39, 0.29) is 17.3 Å². The summed E-state index contributed by atoms with van der Waals surface area (Å²) in [6, 6.07) is 0. The number of hydrogen-bond acceptors (Lipinski definition) is 3. The molecule has 1 aliphatic rings. The number of amides is 1. The number of rotatable bonds is 3. The highest BCUT2D eigenvalue weighted by Gasteiger charge is 2.43. The van der Waals surface area contributed by atoms with Gasteiger partial charge in [0.05, 0.1) is 0 Å². The minimum Gasteiger partial charge on any atom is -0.409 e. The van der Waals surface area contributed by atoms with Crippen molar-refractivity contribution in [1.29, 1.82) is 0 Å². The number of carbonyl (C=O) groups excluding carboxylic acids is 1. The van der Waals surface area contributed by atoms with E-state index in [0.717, 1.165) is 12.8 Å². The van der Waals surface area contributed by atoms with E-state index in [1.165, 1.54) is 0 Å². The van der Waals surface area contributed by atoms with Gasteiger partial charge in [0, 0.05) is 5.54 Å². The Morgan fingerprint density at radius 1 is 1.57 bits per heavy atom. The molecule has 0 aromatic carbocycles. The number of amidine groups is 1. The normalized spacial score (nSPS) is 20.4. The Bertz CT molecular complexity index is 280. The molecule has 5 nitrogen and oxygen atoms in total. The van der Waals surface area contributed by atoms with Gasteiger partial charge in [0.2, 0.25) is 5.91 Å². The quantitative estimate of drug-likeness (QED) is 0.266. The summed E-state index contributed by atoms with van der Waals surface area (Å²) >= 11 is 0. The van der Waals surface area contributed by atoms with Crippen molar-refractivity contribution >= 4 is 11.7 Å². The van der Waals surface area contributed by atoms with Crippen LogP contribution in [0.25, 0.3) is 0 Å². The van der Waals surface area contributed by atoms with Crippen LogP contribution >= 0.6 is 0 Å². The minimum atomic E-state index is -0.958. The highest BCUT2D eigenvalue weighted by atomic mass is 16.4. The molecule has 0 aromatic rings. The smallest absolute Gasteiger partial charge is 0.233 e. The van der Waals surface area contributed by atoms with Gasteiger partial charge < -0.3 is 16.3 Å². The van der Waals surface area contributed by atoms with E-state index in [1.54, 1.807) is 13.8 Å². The maximum absolute atomic E-state index is 11.7. The topological polar surface area (TPSA) is 87.7 Å². The van der Waals surface area contributed by atoms with Gasteiger partial charge in [-0.2, -0.15) is 0 Å². The molecule has 1 rings (SSSR count). The van der Waals surface area contributed by atoms with Crippen molar-refractivity contribution in [2.24, 2.45) is 16.3 Å². The molecule has 5 heteroatoms. The number of nitrogens with two attached hydrogens (primary N) is 1. The summed E-state index contributed by atoms with van der Waals surface area (Å²) in [6.07, 6.45) is 1.98. The molecule has 4 N–H and O–H groups in total. The van der Waals surface area contributed by atoms with Crippen molar-refractivity contribution < 1.29 is 10.0 Å². The van der Waals surface area contributed by atoms with Gasteiger partial charge in [-0.05, 0) is 33.6 Å². The number of nitrogens with zero attached hydrogens (tertiary/aromatic N) is 1. The van der Waals surface area contributed by atoms with Gasteiger partial charge in [-0.25, -0.2) is 0 Å². The Labute approximate surface area is 83.3 Å². The van der Waals surface area contributed by atoms with E-state index < -0.39 is 5.41 Å². The van der Waals surface area contributed by atoms with E-state index in [0.29, 0.717) is 0 Å². The van der Waals surface area contributed by atoms with Crippen molar-refractivity contribution in [2.75, 3.05) is 0 Å². The summed E-state index contributed by atoms with van der Waals surface area (Å²) in [4.78, 5) is 11.7. The fourth-order valence-corrected chi connectivity index (χ4v) is 0.984. The van der Waals surface area contributed by atoms with Crippen molar-refractivity contribution in [3.63, 3.8) is 0 Å². The van der Waals surface area contributed by atoms with E-state index in [4.69, 9.17) is 10.9 Å². The van der Waals surface area contributed by atoms with Crippen LogP contribution in [-0.4, -0.2) is 22.5 Å². The first kappa shape index (κ1) is 10.8. The number of nitrogens with one attached hydrogen (secondary N) is 1. The first-order chi connectivity index (χ1) is 6.32. The van der Waals surface area contributed by atoms with Crippen molar-refractivity contribution in [3.05, 3.63) is 0 Å². The van der Waals surface area contributed by atoms with Crippen LogP contribution in [0.2, 0.25) is 0 Å². The Morgan fingerprint density at radius 2 is 2.07 bits per heavy atom. The molecule has 1 fully saturated rings. The van der Waals surface area contributed by atoms with Crippen LogP contribution in [0.3, 0.4) is 0 Å². The highest BCUT2D eigenvalue weighted by molar-refractivity contribution is 6.06. The van der Waals surface area contributed by atoms with Crippen LogP contribution in [0, 0.1) is 5.41 Å². The largest absolute Gasteiger partial charge is 0.409 e. The zero-order chi connectivity index (χ0) is 11.0. The van der Waals surface area contributed by atoms with Gasteiger partial charge in [0.25, 0.3) is 0 Å². The van der Waals surface area contributed by atoms with Crippen LogP contribution in [0.4, 0.5) is 0 Å². The molecule has 0 aromatic heterocycles. The van der Waals surface area contributed by atoms with Gasteiger partial charge >= 0.3 is 0 Å². The zero-order valence-electron chi connectivity index (χ0n) is 8.79. The lowest BCUT2D eigenvalue weighted by molar-refractivity contribution is -0.127. The van der Waals surface area contributed by atoms with Gasteiger partial charge in [0.1, 0.15) is 5.41 Å². The molecule has 0 heterocycles. The first-order valence-corrected chi connectivity index (χ1v) is 4.62. The maximum atomic E-state index is 11.7. The van der Waals surface area contributed by atoms with Gasteiger partial charge in [0.15, 0.2) is 5.84 Å². The number of hydrogen-bond donors (Lipinski definition) is 3. The average Bonchev–Trinajstić information content (AvgIpc) is 2.81. The molecule has 0 aliphatic heterocycles. The van der Waals surface area contributed by atoms with Crippen LogP contribution in [-0.2, 0) is 4.79 Å². The summed E-state index contributed by atoms with van der Waals surface area (Å²) < 4.78 is 0. The van der Waals surface area contributed by atoms with Crippen LogP contribution in [0.15, 0.2) is 5.16 Å². The highest BCUT2D eigenvalue weighted by Crippen LogP contribution is 2.35. The predicted molar refractivity (Wildman–Crippen MR) is 53.0 cm³/mol. The van der Waals surface area contributed by atoms with Crippen LogP contribution in [0.5, 0.6) is 0 Å². The van der Waals surface area contributed by atoms with E-state index >= 15 is 0 Å². The average molecular weight is 199 g/mol. The fraction of sp³-hybridized carbons (Fsp3) is 0.778. The summed E-state index contributed by atoms with van der Waals surface area (Å²) in [7, 11) is 0. The molecule has 1 aliphatic carbocycles. The summed E-state index contributed by atoms with van der Waals surface area (Å²) in [5, 5.41) is 14.3. The molecule has 0 spiro atoms. The lowest BCUT2D eigenvalue weighted by Gasteiger charge is -2.24. The van der Waals surface area contributed by atoms with Crippen molar-refractivity contribution in [3.8, 4) is 0 Å². The van der Waals surface area contributed by atoms with Crippen LogP contribution < -0.4 is 11.1 Å². The first-order valence-electron chi connectivity index (χ1n) is 4.62. The van der Waals surface area contributed by atoms with E-state index in [1.807, 2.05) is 6.92 Å². The third-order valence-electron chi connectivity index (χ3n) is 2.73. The molecule has 0 bridgehead atoms. The molecule has 0 radical (unpaired) electrons. The minimum absolute atomic E-state index is 0.0701. The lowest BCUT2D eigenvalue weighted by atomic mass is 9.90. The molecule has 1 amide bonds. The van der Waals surface area contributed by atoms with Crippen LogP contribution in [0.1, 0.15) is 33.6 Å². The van der Waals surface area contributed by atoms with Gasteiger partial charge in [-0.15, -0.1) is 0 Å². The van der Waals surface area contributed by atoms with Crippen molar-refractivity contribution in [2.45, 2.75) is 39.2 Å². The summed E-state index contributed by atoms with van der Waals surface area (Å²) in [5.41, 5.74) is 4.39. The van der Waals surface area contributed by atoms with E-state index in [9.17, 15) is 4.79 Å². The Balaban J connectivity index is 2.67. The van der Waals surface area contributed by atoms with Gasteiger partial charge in [-0.1, -0.05) is 5.16 Å². The SMILES string of the molecule is CC1(NC(=O)C(C)(C)C(N)=NO)CC1. The fourth-order valence-electron chi connectivity index (χ4n) is 0.984. The summed E-state index contributed by atoms with van der Waals surface area (Å²) in [5.74, 6) is -0.271. The predicted octanol–water partition coefficient (Wildman–Crippen LogP) is 0.428. The molecule has 1 saturated carbocycles. The molecular formula is C9H17N3O2. The zero-order valence-corrected chi connectivity index (χ0v) is 8.79. The van der Waals surface area contributed by atoms with E-state index in [2.05, 4.69) is 10.5 Å². The molecule has 80 valence electrons. The van der Waals surface area contributed by atoms with Gasteiger partial charge in [-0.3, -0.25) is 4.79 Å². The molecule has 14 heavy (non-hydrogen) atoms. The number of oxime groups is 1. The molecular weight excluding hydrogens is 182 g/mol. The molecule has 0 unspecified atom stereocenters. The van der Waals surface area contributed by atoms with Crippen molar-refractivity contribution in [1.82, 2.24) is 5.32 Å². The standard InChI is InChI=1S/C9H17N3O2/c1-8(2,6(10)12-14)7(13)11-9(3)4-5-9/h14H,4-5H2,1-3H3,(H2,10,12)(H,11,13). The molecule has 0 saturated heterocycles. The second kappa shape index (κ2) is 3.15. The Hall–Kier alpha value is -1.26. The second-order valence-corrected chi connectivity index (χ2v) is 4.63. The second-order valence-electron chi connectivity index (χ2n) is 4.63. The third-order valence-corrected chi connectivity index (χ3v) is 2.73. The Morgan fingerprint density at radius 3 is 2.43 bits per heavy atom.